The number of carbonyl (C=O) groups is 1. The summed E-state index contributed by atoms with van der Waals surface area (Å²) < 4.78 is 15.8. The summed E-state index contributed by atoms with van der Waals surface area (Å²) in [5, 5.41) is 9.68. The zero-order valence-corrected chi connectivity index (χ0v) is 19.6. The van der Waals surface area contributed by atoms with Gasteiger partial charge in [0.05, 0.1) is 5.69 Å². The molecule has 0 aliphatic carbocycles. The van der Waals surface area contributed by atoms with Gasteiger partial charge in [-0.3, -0.25) is 4.90 Å². The Morgan fingerprint density at radius 1 is 1.09 bits per heavy atom. The van der Waals surface area contributed by atoms with Gasteiger partial charge >= 0.3 is 6.03 Å². The number of nitrogens with zero attached hydrogens (tertiary/aromatic N) is 4. The molecular weight excluding hydrogens is 445 g/mol. The van der Waals surface area contributed by atoms with Crippen molar-refractivity contribution >= 4 is 28.7 Å². The number of aromatic nitrogens is 3. The number of anilines is 3. The van der Waals surface area contributed by atoms with E-state index in [0.717, 1.165) is 47.4 Å². The Balaban J connectivity index is 1.39. The summed E-state index contributed by atoms with van der Waals surface area (Å²) in [4.78, 5) is 19.1. The minimum Gasteiger partial charge on any atom is -0.382 e. The molecule has 4 N–H and O–H groups in total. The highest BCUT2D eigenvalue weighted by molar-refractivity contribution is 6.00. The van der Waals surface area contributed by atoms with Crippen LogP contribution in [0.1, 0.15) is 30.4 Å². The third-order valence-electron chi connectivity index (χ3n) is 6.32. The van der Waals surface area contributed by atoms with E-state index in [-0.39, 0.29) is 5.69 Å². The predicted octanol–water partition coefficient (Wildman–Crippen LogP) is 5.06. The number of fused-ring (bicyclic) bond motifs is 1. The lowest BCUT2D eigenvalue weighted by Gasteiger charge is -2.26. The topological polar surface area (TPSA) is 101 Å². The number of halogens is 1. The van der Waals surface area contributed by atoms with E-state index in [2.05, 4.69) is 25.6 Å². The van der Waals surface area contributed by atoms with E-state index in [1.54, 1.807) is 16.6 Å². The third kappa shape index (κ3) is 4.95. The Labute approximate surface area is 203 Å². The fourth-order valence-corrected chi connectivity index (χ4v) is 4.62. The van der Waals surface area contributed by atoms with E-state index in [1.165, 1.54) is 31.7 Å². The molecule has 4 aromatic rings. The van der Waals surface area contributed by atoms with Crippen LogP contribution in [0.2, 0.25) is 0 Å². The average molecular weight is 474 g/mol. The number of benzene rings is 2. The Morgan fingerprint density at radius 3 is 2.63 bits per heavy atom. The van der Waals surface area contributed by atoms with Gasteiger partial charge in [0, 0.05) is 24.0 Å². The van der Waals surface area contributed by atoms with Crippen molar-refractivity contribution in [1.29, 1.82) is 0 Å². The molecule has 3 heterocycles. The van der Waals surface area contributed by atoms with Crippen LogP contribution in [0.4, 0.5) is 26.4 Å². The first-order valence-electron chi connectivity index (χ1n) is 11.8. The van der Waals surface area contributed by atoms with Gasteiger partial charge in [0.2, 0.25) is 0 Å². The molecule has 2 amide bonds. The molecule has 35 heavy (non-hydrogen) atoms. The summed E-state index contributed by atoms with van der Waals surface area (Å²) in [7, 11) is 0. The highest BCUT2D eigenvalue weighted by atomic mass is 19.1. The molecule has 180 valence electrons. The van der Waals surface area contributed by atoms with Crippen molar-refractivity contribution in [2.24, 2.45) is 0 Å². The van der Waals surface area contributed by atoms with E-state index < -0.39 is 11.8 Å². The van der Waals surface area contributed by atoms with E-state index in [0.29, 0.717) is 11.5 Å². The highest BCUT2D eigenvalue weighted by Crippen LogP contribution is 2.34. The zero-order chi connectivity index (χ0) is 24.4. The van der Waals surface area contributed by atoms with Crippen LogP contribution in [0.15, 0.2) is 55.0 Å². The number of likely N-dealkylation sites (tertiary alicyclic amines) is 1. The molecule has 0 saturated carbocycles. The molecule has 0 atom stereocenters. The maximum atomic E-state index is 14.0. The number of aryl methyl sites for hydroxylation is 1. The molecule has 0 unspecified atom stereocenters. The molecule has 1 aliphatic rings. The molecular formula is C26H28FN7O. The van der Waals surface area contributed by atoms with Crippen molar-refractivity contribution in [1.82, 2.24) is 19.5 Å². The number of piperidine rings is 1. The lowest BCUT2D eigenvalue weighted by Crippen LogP contribution is -2.29. The lowest BCUT2D eigenvalue weighted by molar-refractivity contribution is 0.221. The monoisotopic (exact) mass is 473 g/mol. The number of hydrogen-bond donors (Lipinski definition) is 3. The van der Waals surface area contributed by atoms with Gasteiger partial charge in [-0.05, 0) is 73.8 Å². The quantitative estimate of drug-likeness (QED) is 0.376. The van der Waals surface area contributed by atoms with Gasteiger partial charge in [-0.25, -0.2) is 18.7 Å². The second-order valence-corrected chi connectivity index (χ2v) is 8.94. The number of urea groups is 1. The van der Waals surface area contributed by atoms with Crippen LogP contribution in [0, 0.1) is 12.7 Å². The first-order chi connectivity index (χ1) is 17.0. The van der Waals surface area contributed by atoms with Crippen molar-refractivity contribution in [3.05, 3.63) is 71.9 Å². The lowest BCUT2D eigenvalue weighted by atomic mass is 10.0. The number of amides is 2. The molecule has 9 heteroatoms. The molecule has 5 rings (SSSR count). The normalized spacial score (nSPS) is 14.2. The van der Waals surface area contributed by atoms with Gasteiger partial charge in [-0.2, -0.15) is 5.10 Å². The second kappa shape index (κ2) is 9.71. The number of nitrogens with two attached hydrogens (primary N) is 1. The largest absolute Gasteiger partial charge is 0.382 e. The molecule has 8 nitrogen and oxygen atoms in total. The van der Waals surface area contributed by atoms with Crippen LogP contribution < -0.4 is 16.4 Å². The standard InChI is InChI=1S/C26H28FN7O/c1-17-5-10-21(27)22(13-17)32-26(35)31-20-8-6-18(7-9-20)23-19(14-33-11-3-2-4-12-33)15-34-24(23)25(28)29-16-30-34/h5-10,13,15-16H,2-4,11-12,14H2,1H3,(H2,28,29,30)(H2,31,32,35). The van der Waals surface area contributed by atoms with E-state index >= 15 is 0 Å². The fourth-order valence-electron chi connectivity index (χ4n) is 4.62. The van der Waals surface area contributed by atoms with Gasteiger partial charge in [0.25, 0.3) is 0 Å². The number of nitrogens with one attached hydrogen (secondary N) is 2. The van der Waals surface area contributed by atoms with Gasteiger partial charge in [-0.15, -0.1) is 0 Å². The Morgan fingerprint density at radius 2 is 1.86 bits per heavy atom. The summed E-state index contributed by atoms with van der Waals surface area (Å²) in [6.45, 7) is 4.80. The minimum atomic E-state index is -0.514. The minimum absolute atomic E-state index is 0.136. The first-order valence-corrected chi connectivity index (χ1v) is 11.8. The maximum absolute atomic E-state index is 14.0. The number of rotatable bonds is 5. The van der Waals surface area contributed by atoms with Crippen molar-refractivity contribution < 1.29 is 9.18 Å². The molecule has 2 aromatic carbocycles. The molecule has 0 bridgehead atoms. The fraction of sp³-hybridized carbons (Fsp3) is 0.269. The van der Waals surface area contributed by atoms with Crippen LogP contribution in [0.5, 0.6) is 0 Å². The third-order valence-corrected chi connectivity index (χ3v) is 6.32. The van der Waals surface area contributed by atoms with Gasteiger partial charge < -0.3 is 16.4 Å². The Hall–Kier alpha value is -3.98. The SMILES string of the molecule is Cc1ccc(F)c(NC(=O)Nc2ccc(-c3c(CN4CCCCC4)cn4ncnc(N)c34)cc2)c1. The first kappa shape index (κ1) is 22.8. The van der Waals surface area contributed by atoms with Gasteiger partial charge in [0.1, 0.15) is 17.7 Å². The van der Waals surface area contributed by atoms with Crippen molar-refractivity contribution in [3.8, 4) is 11.1 Å². The maximum Gasteiger partial charge on any atom is 0.323 e. The summed E-state index contributed by atoms with van der Waals surface area (Å²) >= 11 is 0. The zero-order valence-electron chi connectivity index (χ0n) is 19.6. The number of carbonyl (C=O) groups excluding carboxylic acids is 1. The summed E-state index contributed by atoms with van der Waals surface area (Å²) in [6, 6.07) is 11.6. The molecule has 1 fully saturated rings. The van der Waals surface area contributed by atoms with E-state index in [1.807, 2.05) is 37.4 Å². The van der Waals surface area contributed by atoms with Gasteiger partial charge in [-0.1, -0.05) is 24.6 Å². The summed E-state index contributed by atoms with van der Waals surface area (Å²) in [5.41, 5.74) is 11.7. The summed E-state index contributed by atoms with van der Waals surface area (Å²) in [5.74, 6) is -0.0654. The van der Waals surface area contributed by atoms with Crippen LogP contribution in [0.3, 0.4) is 0 Å². The molecule has 2 aromatic heterocycles. The second-order valence-electron chi connectivity index (χ2n) is 8.94. The van der Waals surface area contributed by atoms with Crippen molar-refractivity contribution in [2.45, 2.75) is 32.7 Å². The molecule has 0 spiro atoms. The summed E-state index contributed by atoms with van der Waals surface area (Å²) in [6.07, 6.45) is 7.17. The van der Waals surface area contributed by atoms with E-state index in [4.69, 9.17) is 5.73 Å². The predicted molar refractivity (Wildman–Crippen MR) is 136 cm³/mol. The Bertz CT molecular complexity index is 1360. The van der Waals surface area contributed by atoms with E-state index in [9.17, 15) is 9.18 Å². The average Bonchev–Trinajstić information content (AvgIpc) is 3.22. The number of hydrogen-bond acceptors (Lipinski definition) is 5. The molecule has 0 radical (unpaired) electrons. The van der Waals surface area contributed by atoms with Crippen LogP contribution in [-0.4, -0.2) is 38.6 Å². The van der Waals surface area contributed by atoms with Gasteiger partial charge in [0.15, 0.2) is 5.82 Å². The smallest absolute Gasteiger partial charge is 0.323 e. The molecule has 1 saturated heterocycles. The van der Waals surface area contributed by atoms with Crippen LogP contribution in [0.25, 0.3) is 16.6 Å². The highest BCUT2D eigenvalue weighted by Gasteiger charge is 2.20. The van der Waals surface area contributed by atoms with Crippen molar-refractivity contribution in [3.63, 3.8) is 0 Å². The Kier molecular flexibility index (Phi) is 6.33. The molecule has 1 aliphatic heterocycles. The number of nitrogen functional groups attached to an aromatic ring is 1. The van der Waals surface area contributed by atoms with Crippen LogP contribution >= 0.6 is 0 Å². The van der Waals surface area contributed by atoms with Crippen LogP contribution in [-0.2, 0) is 6.54 Å². The van der Waals surface area contributed by atoms with Crippen molar-refractivity contribution in [2.75, 3.05) is 29.5 Å².